The van der Waals surface area contributed by atoms with Crippen LogP contribution >= 0.6 is 0 Å². The van der Waals surface area contributed by atoms with Crippen molar-refractivity contribution in [3.05, 3.63) is 48.5 Å². The number of rotatable bonds is 5. The van der Waals surface area contributed by atoms with E-state index in [2.05, 4.69) is 23.7 Å². The Labute approximate surface area is 137 Å². The minimum atomic E-state index is -0.281. The zero-order chi connectivity index (χ0) is 16.2. The van der Waals surface area contributed by atoms with Crippen molar-refractivity contribution in [3.8, 4) is 16.9 Å². The van der Waals surface area contributed by atoms with E-state index in [1.807, 2.05) is 18.2 Å². The van der Waals surface area contributed by atoms with Crippen LogP contribution in [0.3, 0.4) is 0 Å². The van der Waals surface area contributed by atoms with E-state index in [4.69, 9.17) is 4.74 Å². The van der Waals surface area contributed by atoms with E-state index in [1.54, 1.807) is 12.4 Å². The number of nitrogens with zero attached hydrogens (tertiary/aromatic N) is 2. The fourth-order valence-corrected chi connectivity index (χ4v) is 3.03. The van der Waals surface area contributed by atoms with Crippen LogP contribution in [0.5, 0.6) is 5.75 Å². The highest BCUT2D eigenvalue weighted by Gasteiger charge is 2.24. The van der Waals surface area contributed by atoms with Gasteiger partial charge in [0.25, 0.3) is 0 Å². The van der Waals surface area contributed by atoms with Gasteiger partial charge < -0.3 is 9.64 Å². The van der Waals surface area contributed by atoms with Crippen molar-refractivity contribution in [2.75, 3.05) is 19.7 Å². The molecule has 1 aliphatic rings. The molecule has 1 saturated heterocycles. The molecule has 3 nitrogen and oxygen atoms in total. The third-order valence-electron chi connectivity index (χ3n) is 4.40. The van der Waals surface area contributed by atoms with Crippen LogP contribution in [-0.2, 0) is 0 Å². The summed E-state index contributed by atoms with van der Waals surface area (Å²) in [4.78, 5) is 6.54. The van der Waals surface area contributed by atoms with E-state index in [-0.39, 0.29) is 5.82 Å². The van der Waals surface area contributed by atoms with E-state index in [0.29, 0.717) is 24.3 Å². The summed E-state index contributed by atoms with van der Waals surface area (Å²) in [6.45, 7) is 7.25. The summed E-state index contributed by atoms with van der Waals surface area (Å²) in [5.41, 5.74) is 1.69. The molecule has 1 fully saturated rings. The first kappa shape index (κ1) is 15.9. The number of halogens is 1. The van der Waals surface area contributed by atoms with Crippen LogP contribution in [0.4, 0.5) is 4.39 Å². The molecule has 1 aromatic carbocycles. The second-order valence-corrected chi connectivity index (χ2v) is 6.47. The van der Waals surface area contributed by atoms with E-state index < -0.39 is 0 Å². The van der Waals surface area contributed by atoms with Gasteiger partial charge in [-0.3, -0.25) is 4.98 Å². The van der Waals surface area contributed by atoms with Gasteiger partial charge in [0.1, 0.15) is 11.6 Å². The van der Waals surface area contributed by atoms with Gasteiger partial charge in [0.05, 0.1) is 6.61 Å². The maximum absolute atomic E-state index is 13.9. The topological polar surface area (TPSA) is 25.4 Å². The highest BCUT2D eigenvalue weighted by atomic mass is 19.1. The lowest BCUT2D eigenvalue weighted by Gasteiger charge is -2.20. The Hall–Kier alpha value is -1.94. The van der Waals surface area contributed by atoms with E-state index in [9.17, 15) is 4.39 Å². The fourth-order valence-electron chi connectivity index (χ4n) is 3.03. The molecule has 1 aliphatic heterocycles. The summed E-state index contributed by atoms with van der Waals surface area (Å²) in [7, 11) is 0. The highest BCUT2D eigenvalue weighted by molar-refractivity contribution is 5.64. The van der Waals surface area contributed by atoms with Gasteiger partial charge in [-0.2, -0.15) is 0 Å². The first-order valence-corrected chi connectivity index (χ1v) is 8.19. The summed E-state index contributed by atoms with van der Waals surface area (Å²) >= 11 is 0. The largest absolute Gasteiger partial charge is 0.493 e. The molecular formula is C19H23FN2O. The predicted octanol–water partition coefficient (Wildman–Crippen LogP) is 4.00. The van der Waals surface area contributed by atoms with Crippen molar-refractivity contribution >= 4 is 0 Å². The number of hydrogen-bond donors (Lipinski definition) is 0. The van der Waals surface area contributed by atoms with Gasteiger partial charge in [0.15, 0.2) is 0 Å². The third-order valence-corrected chi connectivity index (χ3v) is 4.40. The molecule has 0 amide bonds. The smallest absolute Gasteiger partial charge is 0.127 e. The molecule has 0 aliphatic carbocycles. The molecular weight excluding hydrogens is 291 g/mol. The molecule has 0 bridgehead atoms. The summed E-state index contributed by atoms with van der Waals surface area (Å²) in [5.74, 6) is 0.825. The van der Waals surface area contributed by atoms with Crippen LogP contribution in [0.1, 0.15) is 20.3 Å². The van der Waals surface area contributed by atoms with Crippen molar-refractivity contribution in [2.45, 2.75) is 26.3 Å². The van der Waals surface area contributed by atoms with Gasteiger partial charge in [0, 0.05) is 42.5 Å². The molecule has 1 atom stereocenters. The zero-order valence-corrected chi connectivity index (χ0v) is 13.7. The summed E-state index contributed by atoms with van der Waals surface area (Å²) in [6.07, 6.45) is 4.58. The van der Waals surface area contributed by atoms with Crippen molar-refractivity contribution in [3.63, 3.8) is 0 Å². The van der Waals surface area contributed by atoms with Gasteiger partial charge in [-0.25, -0.2) is 4.39 Å². The molecule has 1 aromatic heterocycles. The number of hydrogen-bond acceptors (Lipinski definition) is 3. The summed E-state index contributed by atoms with van der Waals surface area (Å²) < 4.78 is 19.7. The van der Waals surface area contributed by atoms with Gasteiger partial charge in [-0.05, 0) is 50.6 Å². The number of benzene rings is 1. The Kier molecular flexibility index (Phi) is 4.91. The van der Waals surface area contributed by atoms with E-state index in [0.717, 1.165) is 30.6 Å². The van der Waals surface area contributed by atoms with Gasteiger partial charge in [-0.1, -0.05) is 6.07 Å². The molecule has 0 radical (unpaired) electrons. The zero-order valence-electron chi connectivity index (χ0n) is 13.7. The average molecular weight is 314 g/mol. The second kappa shape index (κ2) is 7.09. The second-order valence-electron chi connectivity index (χ2n) is 6.47. The Morgan fingerprint density at radius 2 is 2.17 bits per heavy atom. The molecule has 3 rings (SSSR count). The molecule has 23 heavy (non-hydrogen) atoms. The van der Waals surface area contributed by atoms with Crippen molar-refractivity contribution in [1.29, 1.82) is 0 Å². The first-order valence-electron chi connectivity index (χ1n) is 8.19. The monoisotopic (exact) mass is 314 g/mol. The normalized spacial score (nSPS) is 18.5. The van der Waals surface area contributed by atoms with Crippen LogP contribution in [0.25, 0.3) is 11.1 Å². The molecule has 122 valence electrons. The Morgan fingerprint density at radius 3 is 2.87 bits per heavy atom. The molecule has 2 aromatic rings. The molecule has 0 saturated carbocycles. The number of ether oxygens (including phenoxy) is 1. The van der Waals surface area contributed by atoms with Gasteiger partial charge in [0.2, 0.25) is 0 Å². The highest BCUT2D eigenvalue weighted by Crippen LogP contribution is 2.26. The Balaban J connectivity index is 1.66. The van der Waals surface area contributed by atoms with Crippen LogP contribution in [0.2, 0.25) is 0 Å². The minimum Gasteiger partial charge on any atom is -0.493 e. The Bertz CT molecular complexity index is 645. The molecule has 0 N–H and O–H groups in total. The molecule has 1 unspecified atom stereocenters. The van der Waals surface area contributed by atoms with Gasteiger partial charge in [-0.15, -0.1) is 0 Å². The molecule has 2 heterocycles. The summed E-state index contributed by atoms with van der Waals surface area (Å²) in [5, 5.41) is 0. The Morgan fingerprint density at radius 1 is 1.30 bits per heavy atom. The van der Waals surface area contributed by atoms with E-state index in [1.165, 1.54) is 12.1 Å². The fraction of sp³-hybridized carbons (Fsp3) is 0.421. The number of likely N-dealkylation sites (tertiary alicyclic amines) is 1. The van der Waals surface area contributed by atoms with Crippen LogP contribution in [-0.4, -0.2) is 35.6 Å². The number of aromatic nitrogens is 1. The summed E-state index contributed by atoms with van der Waals surface area (Å²) in [6, 6.07) is 9.19. The first-order chi connectivity index (χ1) is 11.1. The lowest BCUT2D eigenvalue weighted by atomic mass is 10.1. The third kappa shape index (κ3) is 4.08. The standard InChI is InChI=1S/C19H23FN2O/c1-14(2)22-7-5-15(12-22)13-23-19-9-17(8-18(20)10-19)16-4-3-6-21-11-16/h3-4,6,8-11,14-15H,5,7,12-13H2,1-2H3. The van der Waals surface area contributed by atoms with Crippen LogP contribution in [0.15, 0.2) is 42.7 Å². The molecule has 4 heteroatoms. The maximum atomic E-state index is 13.9. The van der Waals surface area contributed by atoms with Crippen LogP contribution in [0, 0.1) is 11.7 Å². The molecule has 0 spiro atoms. The van der Waals surface area contributed by atoms with Crippen molar-refractivity contribution in [2.24, 2.45) is 5.92 Å². The SMILES string of the molecule is CC(C)N1CCC(COc2cc(F)cc(-c3cccnc3)c2)C1. The van der Waals surface area contributed by atoms with Crippen molar-refractivity contribution < 1.29 is 9.13 Å². The predicted molar refractivity (Wildman–Crippen MR) is 89.9 cm³/mol. The van der Waals surface area contributed by atoms with E-state index >= 15 is 0 Å². The average Bonchev–Trinajstić information content (AvgIpc) is 3.03. The van der Waals surface area contributed by atoms with Crippen LogP contribution < -0.4 is 4.74 Å². The number of pyridine rings is 1. The lowest BCUT2D eigenvalue weighted by Crippen LogP contribution is -2.29. The lowest BCUT2D eigenvalue weighted by molar-refractivity contribution is 0.223. The van der Waals surface area contributed by atoms with Crippen molar-refractivity contribution in [1.82, 2.24) is 9.88 Å². The minimum absolute atomic E-state index is 0.281. The van der Waals surface area contributed by atoms with Gasteiger partial charge >= 0.3 is 0 Å². The maximum Gasteiger partial charge on any atom is 0.127 e. The quantitative estimate of drug-likeness (QED) is 0.834.